The number of benzene rings is 2. The standard InChI is InChI=1S/C29H30BrClN6O6/c1-4-6-13-29(16(3)42-28(40)41-5-2)32-25(31)23(27(38)39)37(29)15-17-11-12-21-20(14-17)22(30)24(43-21)18-9-7-8-10-19(18)26-33-35-36-34-26/h7-12,14,16,32H,4-6,13,15H2,1-3H3,(H,38,39)(H,33,34,35,36). The third-order valence-corrected chi connectivity index (χ3v) is 8.47. The second-order valence-corrected chi connectivity index (χ2v) is 11.2. The lowest BCUT2D eigenvalue weighted by Gasteiger charge is -2.44. The SMILES string of the molecule is CCCCC1(C(C)OC(=O)OCC)NC(Cl)=C(C(=O)O)N1Cc1ccc2oc(-c3ccccc3-c3nnn[nH]3)c(Br)c2c1. The van der Waals surface area contributed by atoms with Crippen LogP contribution in [0.3, 0.4) is 0 Å². The highest BCUT2D eigenvalue weighted by atomic mass is 79.9. The maximum atomic E-state index is 12.5. The molecule has 226 valence electrons. The summed E-state index contributed by atoms with van der Waals surface area (Å²) >= 11 is 10.2. The van der Waals surface area contributed by atoms with Crippen LogP contribution in [0.1, 0.15) is 45.6 Å². The first-order chi connectivity index (χ1) is 20.7. The zero-order valence-corrected chi connectivity index (χ0v) is 26.0. The largest absolute Gasteiger partial charge is 0.508 e. The second kappa shape index (κ2) is 12.6. The molecule has 0 aliphatic carbocycles. The minimum atomic E-state index is -1.20. The highest BCUT2D eigenvalue weighted by Gasteiger charge is 2.52. The first-order valence-electron chi connectivity index (χ1n) is 13.8. The number of nitrogens with one attached hydrogen (secondary N) is 2. The molecule has 0 saturated heterocycles. The Morgan fingerprint density at radius 2 is 1.98 bits per heavy atom. The molecule has 0 bridgehead atoms. The lowest BCUT2D eigenvalue weighted by atomic mass is 9.94. The predicted molar refractivity (Wildman–Crippen MR) is 162 cm³/mol. The van der Waals surface area contributed by atoms with Crippen molar-refractivity contribution in [1.82, 2.24) is 30.8 Å². The Morgan fingerprint density at radius 3 is 2.65 bits per heavy atom. The van der Waals surface area contributed by atoms with Gasteiger partial charge < -0.3 is 29.2 Å². The Bertz CT molecular complexity index is 1680. The lowest BCUT2D eigenvalue weighted by molar-refractivity contribution is -0.136. The summed E-state index contributed by atoms with van der Waals surface area (Å²) in [6, 6.07) is 13.2. The number of furan rings is 1. The number of carbonyl (C=O) groups excluding carboxylic acids is 1. The van der Waals surface area contributed by atoms with E-state index in [-0.39, 0.29) is 24.0 Å². The molecule has 2 atom stereocenters. The minimum Gasteiger partial charge on any atom is -0.476 e. The zero-order valence-electron chi connectivity index (χ0n) is 23.7. The van der Waals surface area contributed by atoms with Gasteiger partial charge in [-0.05, 0) is 70.7 Å². The van der Waals surface area contributed by atoms with Gasteiger partial charge in [0.1, 0.15) is 28.3 Å². The Morgan fingerprint density at radius 1 is 1.21 bits per heavy atom. The van der Waals surface area contributed by atoms with Crippen molar-refractivity contribution in [2.75, 3.05) is 6.61 Å². The molecule has 12 nitrogen and oxygen atoms in total. The fourth-order valence-corrected chi connectivity index (χ4v) is 6.31. The van der Waals surface area contributed by atoms with Gasteiger partial charge in [-0.1, -0.05) is 55.3 Å². The summed E-state index contributed by atoms with van der Waals surface area (Å²) in [5, 5.41) is 28.3. The number of fused-ring (bicyclic) bond motifs is 1. The van der Waals surface area contributed by atoms with Crippen molar-refractivity contribution in [2.45, 2.75) is 58.3 Å². The Balaban J connectivity index is 1.55. The number of carbonyl (C=O) groups is 2. The lowest BCUT2D eigenvalue weighted by Crippen LogP contribution is -2.61. The van der Waals surface area contributed by atoms with Crippen molar-refractivity contribution in [2.24, 2.45) is 0 Å². The van der Waals surface area contributed by atoms with Gasteiger partial charge in [-0.25, -0.2) is 14.7 Å². The molecule has 0 fully saturated rings. The smallest absolute Gasteiger partial charge is 0.476 e. The minimum absolute atomic E-state index is 0.0331. The van der Waals surface area contributed by atoms with E-state index in [4.69, 9.17) is 25.5 Å². The van der Waals surface area contributed by atoms with Gasteiger partial charge in [0.15, 0.2) is 11.5 Å². The Kier molecular flexibility index (Phi) is 8.92. The van der Waals surface area contributed by atoms with Crippen LogP contribution >= 0.6 is 27.5 Å². The van der Waals surface area contributed by atoms with Crippen LogP contribution in [0.5, 0.6) is 0 Å². The fourth-order valence-electron chi connectivity index (χ4n) is 5.36. The Hall–Kier alpha value is -4.10. The van der Waals surface area contributed by atoms with Crippen LogP contribution in [0, 0.1) is 0 Å². The molecule has 5 rings (SSSR count). The molecule has 0 amide bonds. The number of aromatic nitrogens is 4. The maximum absolute atomic E-state index is 12.5. The van der Waals surface area contributed by atoms with Crippen LogP contribution in [-0.4, -0.2) is 61.1 Å². The molecule has 43 heavy (non-hydrogen) atoms. The number of nitrogens with zero attached hydrogens (tertiary/aromatic N) is 4. The van der Waals surface area contributed by atoms with Crippen molar-refractivity contribution in [3.63, 3.8) is 0 Å². The molecule has 0 spiro atoms. The summed E-state index contributed by atoms with van der Waals surface area (Å²) < 4.78 is 17.6. The number of rotatable bonds is 11. The van der Waals surface area contributed by atoms with Gasteiger partial charge >= 0.3 is 12.1 Å². The molecule has 2 aromatic heterocycles. The molecule has 3 N–H and O–H groups in total. The first kappa shape index (κ1) is 30.4. The number of H-pyrrole nitrogens is 1. The topological polar surface area (TPSA) is 156 Å². The van der Waals surface area contributed by atoms with E-state index in [2.05, 4.69) is 41.9 Å². The van der Waals surface area contributed by atoms with E-state index in [1.165, 1.54) is 0 Å². The molecule has 0 saturated carbocycles. The van der Waals surface area contributed by atoms with Gasteiger partial charge in [-0.15, -0.1) is 5.10 Å². The summed E-state index contributed by atoms with van der Waals surface area (Å²) in [6.07, 6.45) is 0.331. The number of tetrazole rings is 1. The predicted octanol–water partition coefficient (Wildman–Crippen LogP) is 6.39. The zero-order chi connectivity index (χ0) is 30.7. The number of unbranched alkanes of at least 4 members (excludes halogenated alkanes) is 1. The van der Waals surface area contributed by atoms with E-state index in [1.54, 1.807) is 18.7 Å². The van der Waals surface area contributed by atoms with Crippen LogP contribution in [0.25, 0.3) is 33.7 Å². The van der Waals surface area contributed by atoms with Crippen molar-refractivity contribution in [1.29, 1.82) is 0 Å². The quantitative estimate of drug-likeness (QED) is 0.120. The number of carboxylic acids is 1. The highest BCUT2D eigenvalue weighted by molar-refractivity contribution is 9.10. The molecule has 14 heteroatoms. The Labute approximate surface area is 260 Å². The van der Waals surface area contributed by atoms with Crippen LogP contribution in [-0.2, 0) is 20.8 Å². The van der Waals surface area contributed by atoms with E-state index in [0.717, 1.165) is 28.5 Å². The third-order valence-electron chi connectivity index (χ3n) is 7.41. The van der Waals surface area contributed by atoms with Gasteiger partial charge in [0, 0.05) is 23.1 Å². The summed E-state index contributed by atoms with van der Waals surface area (Å²) in [5.41, 5.74) is 1.70. The molecular weight excluding hydrogens is 644 g/mol. The van der Waals surface area contributed by atoms with E-state index in [9.17, 15) is 14.7 Å². The van der Waals surface area contributed by atoms with Crippen molar-refractivity contribution < 1.29 is 28.6 Å². The van der Waals surface area contributed by atoms with E-state index in [1.807, 2.05) is 49.4 Å². The average Bonchev–Trinajstić information content (AvgIpc) is 3.70. The van der Waals surface area contributed by atoms with Crippen LogP contribution in [0.2, 0.25) is 0 Å². The molecule has 1 aliphatic heterocycles. The summed E-state index contributed by atoms with van der Waals surface area (Å²) in [4.78, 5) is 26.5. The molecule has 2 aromatic carbocycles. The first-order valence-corrected chi connectivity index (χ1v) is 14.9. The monoisotopic (exact) mass is 672 g/mol. The molecule has 2 unspecified atom stereocenters. The van der Waals surface area contributed by atoms with Gasteiger partial charge in [0.25, 0.3) is 0 Å². The molecule has 3 heterocycles. The van der Waals surface area contributed by atoms with Crippen molar-refractivity contribution in [3.05, 3.63) is 63.4 Å². The number of aromatic amines is 1. The normalized spacial score (nSPS) is 17.3. The van der Waals surface area contributed by atoms with E-state index >= 15 is 0 Å². The number of halogens is 2. The van der Waals surface area contributed by atoms with Crippen LogP contribution in [0.4, 0.5) is 4.79 Å². The number of ether oxygens (including phenoxy) is 2. The molecule has 0 radical (unpaired) electrons. The number of aliphatic carboxylic acids is 1. The number of carboxylic acid groups (broad SMARTS) is 1. The van der Waals surface area contributed by atoms with Crippen LogP contribution < -0.4 is 5.32 Å². The van der Waals surface area contributed by atoms with Gasteiger partial charge in [-0.3, -0.25) is 0 Å². The highest BCUT2D eigenvalue weighted by Crippen LogP contribution is 2.43. The van der Waals surface area contributed by atoms with Gasteiger partial charge in [0.05, 0.1) is 11.1 Å². The number of hydrogen-bond donors (Lipinski definition) is 3. The molecular formula is C29H30BrClN6O6. The van der Waals surface area contributed by atoms with Crippen molar-refractivity contribution in [3.8, 4) is 22.7 Å². The van der Waals surface area contributed by atoms with Gasteiger partial charge in [-0.2, -0.15) is 0 Å². The third kappa shape index (κ3) is 5.78. The summed E-state index contributed by atoms with van der Waals surface area (Å²) in [6.45, 7) is 5.69. The molecule has 1 aliphatic rings. The number of hydrogen-bond acceptors (Lipinski definition) is 10. The van der Waals surface area contributed by atoms with Gasteiger partial charge in [0.2, 0.25) is 0 Å². The van der Waals surface area contributed by atoms with E-state index < -0.39 is 23.9 Å². The summed E-state index contributed by atoms with van der Waals surface area (Å²) in [5.74, 6) is -0.117. The molecule has 4 aromatic rings. The van der Waals surface area contributed by atoms with Crippen molar-refractivity contribution >= 4 is 50.6 Å². The maximum Gasteiger partial charge on any atom is 0.508 e. The van der Waals surface area contributed by atoms with Crippen LogP contribution in [0.15, 0.2) is 62.2 Å². The summed E-state index contributed by atoms with van der Waals surface area (Å²) in [7, 11) is 0. The fraction of sp³-hybridized carbons (Fsp3) is 0.345. The second-order valence-electron chi connectivity index (χ2n) is 10.0. The average molecular weight is 674 g/mol. The van der Waals surface area contributed by atoms with E-state index in [0.29, 0.717) is 34.5 Å².